The predicted molar refractivity (Wildman–Crippen MR) is 64.1 cm³/mol. The van der Waals surface area contributed by atoms with E-state index in [1.165, 1.54) is 4.80 Å². The zero-order chi connectivity index (χ0) is 13.0. The number of amides is 1. The monoisotopic (exact) mass is 247 g/mol. The number of benzene rings is 1. The van der Waals surface area contributed by atoms with Crippen molar-refractivity contribution in [2.45, 2.75) is 6.92 Å². The lowest BCUT2D eigenvalue weighted by Crippen LogP contribution is -2.21. The summed E-state index contributed by atoms with van der Waals surface area (Å²) < 4.78 is 5.33. The molecule has 0 atom stereocenters. The van der Waals surface area contributed by atoms with Gasteiger partial charge in [0.25, 0.3) is 11.9 Å². The van der Waals surface area contributed by atoms with E-state index in [1.807, 2.05) is 25.1 Å². The number of aryl methyl sites for hydroxylation is 2. The van der Waals surface area contributed by atoms with Gasteiger partial charge < -0.3 is 4.74 Å². The maximum absolute atomic E-state index is 11.5. The first-order valence-corrected chi connectivity index (χ1v) is 5.37. The van der Waals surface area contributed by atoms with Crippen LogP contribution in [0.15, 0.2) is 24.3 Å². The third-order valence-electron chi connectivity index (χ3n) is 2.12. The van der Waals surface area contributed by atoms with E-state index in [0.29, 0.717) is 5.75 Å². The van der Waals surface area contributed by atoms with Gasteiger partial charge in [-0.1, -0.05) is 17.2 Å². The highest BCUT2D eigenvalue weighted by molar-refractivity contribution is 5.90. The van der Waals surface area contributed by atoms with Gasteiger partial charge in [0.15, 0.2) is 6.61 Å². The number of nitrogens with zero attached hydrogens (tertiary/aromatic N) is 4. The molecule has 7 heteroatoms. The summed E-state index contributed by atoms with van der Waals surface area (Å²) in [5.41, 5.74) is 1.07. The minimum Gasteiger partial charge on any atom is -0.484 e. The molecule has 0 unspecified atom stereocenters. The summed E-state index contributed by atoms with van der Waals surface area (Å²) >= 11 is 0. The second-order valence-electron chi connectivity index (χ2n) is 3.76. The average molecular weight is 247 g/mol. The number of tetrazole rings is 1. The van der Waals surface area contributed by atoms with E-state index < -0.39 is 0 Å². The van der Waals surface area contributed by atoms with E-state index in [0.717, 1.165) is 5.56 Å². The number of carbonyl (C=O) groups excluding carboxylic acids is 1. The summed E-state index contributed by atoms with van der Waals surface area (Å²) in [7, 11) is 1.62. The average Bonchev–Trinajstić information content (AvgIpc) is 2.72. The van der Waals surface area contributed by atoms with E-state index in [4.69, 9.17) is 4.74 Å². The Balaban J connectivity index is 1.85. The van der Waals surface area contributed by atoms with Crippen molar-refractivity contribution < 1.29 is 9.53 Å². The van der Waals surface area contributed by atoms with Gasteiger partial charge in [-0.3, -0.25) is 10.1 Å². The van der Waals surface area contributed by atoms with Crippen LogP contribution in [-0.2, 0) is 11.8 Å². The Morgan fingerprint density at radius 2 is 2.33 bits per heavy atom. The summed E-state index contributed by atoms with van der Waals surface area (Å²) in [6, 6.07) is 7.47. The van der Waals surface area contributed by atoms with Gasteiger partial charge in [0, 0.05) is 0 Å². The molecule has 0 aliphatic heterocycles. The van der Waals surface area contributed by atoms with E-state index in [-0.39, 0.29) is 18.5 Å². The molecule has 0 saturated carbocycles. The van der Waals surface area contributed by atoms with Crippen molar-refractivity contribution in [2.75, 3.05) is 11.9 Å². The SMILES string of the molecule is Cc1cccc(OCC(=O)Nc2nnn(C)n2)c1. The van der Waals surface area contributed by atoms with Crippen LogP contribution in [-0.4, -0.2) is 32.7 Å². The van der Waals surface area contributed by atoms with Crippen molar-refractivity contribution in [3.05, 3.63) is 29.8 Å². The van der Waals surface area contributed by atoms with E-state index in [1.54, 1.807) is 13.1 Å². The number of nitrogens with one attached hydrogen (secondary N) is 1. The first-order valence-electron chi connectivity index (χ1n) is 5.37. The first kappa shape index (κ1) is 12.0. The molecule has 0 radical (unpaired) electrons. The van der Waals surface area contributed by atoms with Gasteiger partial charge in [0.1, 0.15) is 5.75 Å². The fraction of sp³-hybridized carbons (Fsp3) is 0.273. The van der Waals surface area contributed by atoms with Crippen LogP contribution in [0, 0.1) is 6.92 Å². The Morgan fingerprint density at radius 3 is 3.00 bits per heavy atom. The molecule has 7 nitrogen and oxygen atoms in total. The fourth-order valence-corrected chi connectivity index (χ4v) is 1.35. The molecule has 0 aliphatic rings. The Hall–Kier alpha value is -2.44. The zero-order valence-electron chi connectivity index (χ0n) is 10.1. The molecule has 0 spiro atoms. The van der Waals surface area contributed by atoms with Gasteiger partial charge in [-0.2, -0.15) is 4.80 Å². The van der Waals surface area contributed by atoms with Crippen molar-refractivity contribution in [1.82, 2.24) is 20.2 Å². The Kier molecular flexibility index (Phi) is 3.52. The van der Waals surface area contributed by atoms with Crippen LogP contribution in [0.2, 0.25) is 0 Å². The molecular weight excluding hydrogens is 234 g/mol. The number of hydrogen-bond acceptors (Lipinski definition) is 5. The van der Waals surface area contributed by atoms with Crippen LogP contribution >= 0.6 is 0 Å². The van der Waals surface area contributed by atoms with Crippen LogP contribution in [0.4, 0.5) is 5.95 Å². The Morgan fingerprint density at radius 1 is 1.50 bits per heavy atom. The summed E-state index contributed by atoms with van der Waals surface area (Å²) in [6.45, 7) is 1.86. The lowest BCUT2D eigenvalue weighted by molar-refractivity contribution is -0.118. The molecule has 1 heterocycles. The Labute approximate surface area is 104 Å². The van der Waals surface area contributed by atoms with Crippen LogP contribution in [0.25, 0.3) is 0 Å². The molecule has 0 fully saturated rings. The third kappa shape index (κ3) is 3.27. The van der Waals surface area contributed by atoms with E-state index >= 15 is 0 Å². The van der Waals surface area contributed by atoms with Crippen molar-refractivity contribution in [2.24, 2.45) is 7.05 Å². The Bertz CT molecular complexity index is 552. The smallest absolute Gasteiger partial charge is 0.270 e. The molecule has 18 heavy (non-hydrogen) atoms. The molecular formula is C11H13N5O2. The molecule has 1 aromatic carbocycles. The van der Waals surface area contributed by atoms with Crippen LogP contribution in [0.3, 0.4) is 0 Å². The van der Waals surface area contributed by atoms with Gasteiger partial charge in [-0.05, 0) is 29.8 Å². The quantitative estimate of drug-likeness (QED) is 0.852. The van der Waals surface area contributed by atoms with Crippen molar-refractivity contribution in [1.29, 1.82) is 0 Å². The van der Waals surface area contributed by atoms with Gasteiger partial charge in [0.2, 0.25) is 0 Å². The second-order valence-corrected chi connectivity index (χ2v) is 3.76. The van der Waals surface area contributed by atoms with Gasteiger partial charge in [0.05, 0.1) is 7.05 Å². The molecule has 2 rings (SSSR count). The number of rotatable bonds is 4. The van der Waals surface area contributed by atoms with Crippen molar-refractivity contribution in [3.8, 4) is 5.75 Å². The number of anilines is 1. The first-order chi connectivity index (χ1) is 8.63. The fourth-order valence-electron chi connectivity index (χ4n) is 1.35. The molecule has 1 amide bonds. The number of ether oxygens (including phenoxy) is 1. The van der Waals surface area contributed by atoms with E-state index in [2.05, 4.69) is 20.7 Å². The summed E-state index contributed by atoms with van der Waals surface area (Å²) in [4.78, 5) is 12.8. The predicted octanol–water partition coefficient (Wildman–Crippen LogP) is 0.536. The standard InChI is InChI=1S/C11H13N5O2/c1-8-4-3-5-9(6-8)18-7-10(17)12-11-13-15-16(2)14-11/h3-6H,7H2,1-2H3,(H,12,14,17). The summed E-state index contributed by atoms with van der Waals surface area (Å²) in [5, 5.41) is 13.5. The highest BCUT2D eigenvalue weighted by Crippen LogP contribution is 2.12. The molecule has 1 aromatic heterocycles. The zero-order valence-corrected chi connectivity index (χ0v) is 10.1. The van der Waals surface area contributed by atoms with Crippen LogP contribution < -0.4 is 10.1 Å². The number of hydrogen-bond donors (Lipinski definition) is 1. The number of aromatic nitrogens is 4. The largest absolute Gasteiger partial charge is 0.484 e. The van der Waals surface area contributed by atoms with Crippen LogP contribution in [0.1, 0.15) is 5.56 Å². The molecule has 0 bridgehead atoms. The van der Waals surface area contributed by atoms with Gasteiger partial charge in [-0.25, -0.2) is 0 Å². The number of carbonyl (C=O) groups is 1. The van der Waals surface area contributed by atoms with Crippen LogP contribution in [0.5, 0.6) is 5.75 Å². The topological polar surface area (TPSA) is 81.9 Å². The molecule has 94 valence electrons. The second kappa shape index (κ2) is 5.26. The lowest BCUT2D eigenvalue weighted by Gasteiger charge is -2.05. The van der Waals surface area contributed by atoms with Crippen molar-refractivity contribution in [3.63, 3.8) is 0 Å². The van der Waals surface area contributed by atoms with Gasteiger partial charge >= 0.3 is 0 Å². The summed E-state index contributed by atoms with van der Waals surface area (Å²) in [6.07, 6.45) is 0. The molecule has 1 N–H and O–H groups in total. The van der Waals surface area contributed by atoms with E-state index in [9.17, 15) is 4.79 Å². The summed E-state index contributed by atoms with van der Waals surface area (Å²) in [5.74, 6) is 0.483. The van der Waals surface area contributed by atoms with Crippen molar-refractivity contribution >= 4 is 11.9 Å². The minimum absolute atomic E-state index is 0.0955. The normalized spacial score (nSPS) is 10.1. The maximum Gasteiger partial charge on any atom is 0.270 e. The minimum atomic E-state index is -0.329. The van der Waals surface area contributed by atoms with Gasteiger partial charge in [-0.15, -0.1) is 5.10 Å². The molecule has 0 saturated heterocycles. The highest BCUT2D eigenvalue weighted by Gasteiger charge is 2.07. The molecule has 0 aliphatic carbocycles. The maximum atomic E-state index is 11.5. The molecule has 2 aromatic rings. The third-order valence-corrected chi connectivity index (χ3v) is 2.12. The lowest BCUT2D eigenvalue weighted by atomic mass is 10.2. The highest BCUT2D eigenvalue weighted by atomic mass is 16.5.